The highest BCUT2D eigenvalue weighted by atomic mass is 35.5. The first-order valence-electron chi connectivity index (χ1n) is 7.58. The molecular weight excluding hydrogens is 300 g/mol. The molecule has 0 bridgehead atoms. The number of carbonyl (C=O) groups is 1. The van der Waals surface area contributed by atoms with Gasteiger partial charge in [0.2, 0.25) is 5.91 Å². The molecule has 1 aromatic heterocycles. The van der Waals surface area contributed by atoms with Crippen LogP contribution in [0.25, 0.3) is 0 Å². The molecule has 0 saturated carbocycles. The first kappa shape index (κ1) is 15.0. The Kier molecular flexibility index (Phi) is 4.73. The van der Waals surface area contributed by atoms with Crippen molar-refractivity contribution in [2.75, 3.05) is 13.1 Å². The molecule has 1 atom stereocenters. The molecule has 2 heterocycles. The third kappa shape index (κ3) is 3.65. The van der Waals surface area contributed by atoms with E-state index in [1.165, 1.54) is 11.9 Å². The minimum atomic E-state index is 0.103. The molecule has 116 valence electrons. The van der Waals surface area contributed by atoms with Gasteiger partial charge in [0, 0.05) is 24.0 Å². The Balaban J connectivity index is 1.69. The highest BCUT2D eigenvalue weighted by molar-refractivity contribution is 6.30. The number of halogens is 1. The monoisotopic (exact) mass is 318 g/mol. The summed E-state index contributed by atoms with van der Waals surface area (Å²) in [6.45, 7) is 1.83. The van der Waals surface area contributed by atoms with Crippen LogP contribution in [0.5, 0.6) is 0 Å². The number of rotatable bonds is 3. The summed E-state index contributed by atoms with van der Waals surface area (Å²) >= 11 is 5.96. The predicted molar refractivity (Wildman–Crippen MR) is 84.6 cm³/mol. The Hall–Kier alpha value is -1.88. The lowest BCUT2D eigenvalue weighted by molar-refractivity contribution is -0.132. The van der Waals surface area contributed by atoms with Crippen LogP contribution in [0.2, 0.25) is 5.02 Å². The van der Waals surface area contributed by atoms with Crippen molar-refractivity contribution >= 4 is 17.5 Å². The van der Waals surface area contributed by atoms with Crippen LogP contribution in [0.3, 0.4) is 0 Å². The van der Waals surface area contributed by atoms with E-state index < -0.39 is 0 Å². The molecule has 1 unspecified atom stereocenters. The molecule has 5 nitrogen and oxygen atoms in total. The fourth-order valence-corrected chi connectivity index (χ4v) is 3.05. The van der Waals surface area contributed by atoms with E-state index in [0.717, 1.165) is 37.4 Å². The van der Waals surface area contributed by atoms with E-state index in [1.807, 2.05) is 17.0 Å². The van der Waals surface area contributed by atoms with Gasteiger partial charge in [0.25, 0.3) is 0 Å². The second kappa shape index (κ2) is 6.92. The number of hydrogen-bond acceptors (Lipinski definition) is 3. The summed E-state index contributed by atoms with van der Waals surface area (Å²) in [4.78, 5) is 18.3. The smallest absolute Gasteiger partial charge is 0.244 e. The average Bonchev–Trinajstić information content (AvgIpc) is 2.90. The van der Waals surface area contributed by atoms with Gasteiger partial charge < -0.3 is 4.90 Å². The Labute approximate surface area is 134 Å². The second-order valence-corrected chi connectivity index (χ2v) is 6.11. The summed E-state index contributed by atoms with van der Waals surface area (Å²) in [6, 6.07) is 7.98. The number of benzene rings is 1. The highest BCUT2D eigenvalue weighted by Gasteiger charge is 2.23. The molecule has 22 heavy (non-hydrogen) atoms. The van der Waals surface area contributed by atoms with E-state index in [4.69, 9.17) is 11.6 Å². The van der Waals surface area contributed by atoms with Gasteiger partial charge in [-0.25, -0.2) is 9.67 Å². The second-order valence-electron chi connectivity index (χ2n) is 5.68. The molecule has 1 aliphatic heterocycles. The summed E-state index contributed by atoms with van der Waals surface area (Å²) < 4.78 is 1.57. The number of nitrogens with zero attached hydrogens (tertiary/aromatic N) is 4. The molecule has 6 heteroatoms. The van der Waals surface area contributed by atoms with Crippen LogP contribution >= 0.6 is 11.6 Å². The van der Waals surface area contributed by atoms with Crippen molar-refractivity contribution in [3.8, 4) is 0 Å². The summed E-state index contributed by atoms with van der Waals surface area (Å²) in [5, 5.41) is 4.75. The van der Waals surface area contributed by atoms with Crippen LogP contribution in [-0.2, 0) is 11.3 Å². The topological polar surface area (TPSA) is 51.0 Å². The maximum atomic E-state index is 12.5. The number of hydrogen-bond donors (Lipinski definition) is 0. The zero-order valence-corrected chi connectivity index (χ0v) is 13.1. The number of aromatic nitrogens is 3. The lowest BCUT2D eigenvalue weighted by Crippen LogP contribution is -2.36. The number of likely N-dealkylation sites (tertiary alicyclic amines) is 1. The van der Waals surface area contributed by atoms with Crippen molar-refractivity contribution in [3.63, 3.8) is 0 Å². The first-order valence-corrected chi connectivity index (χ1v) is 7.96. The van der Waals surface area contributed by atoms with Crippen LogP contribution in [0, 0.1) is 0 Å². The molecular formula is C16H19ClN4O. The molecule has 1 fully saturated rings. The Bertz CT molecular complexity index is 612. The standard InChI is InChI=1S/C16H19ClN4O/c17-15-6-4-13(5-7-15)14-3-1-2-8-20(9-14)16(22)10-21-12-18-11-19-21/h4-7,11-12,14H,1-3,8-10H2. The molecule has 1 aliphatic rings. The quantitative estimate of drug-likeness (QED) is 0.874. The van der Waals surface area contributed by atoms with Gasteiger partial charge in [-0.3, -0.25) is 4.79 Å². The van der Waals surface area contributed by atoms with Gasteiger partial charge in [0.05, 0.1) is 0 Å². The van der Waals surface area contributed by atoms with Gasteiger partial charge in [0.15, 0.2) is 0 Å². The van der Waals surface area contributed by atoms with Crippen molar-refractivity contribution in [2.24, 2.45) is 0 Å². The van der Waals surface area contributed by atoms with E-state index in [0.29, 0.717) is 5.92 Å². The predicted octanol–water partition coefficient (Wildman–Crippen LogP) is 2.73. The number of amides is 1. The summed E-state index contributed by atoms with van der Waals surface area (Å²) in [5.41, 5.74) is 1.25. The van der Waals surface area contributed by atoms with E-state index in [2.05, 4.69) is 22.2 Å². The zero-order chi connectivity index (χ0) is 15.4. The number of carbonyl (C=O) groups excluding carboxylic acids is 1. The third-order valence-corrected chi connectivity index (χ3v) is 4.38. The fourth-order valence-electron chi connectivity index (χ4n) is 2.93. The normalized spacial score (nSPS) is 19.0. The van der Waals surface area contributed by atoms with E-state index in [-0.39, 0.29) is 12.5 Å². The fraction of sp³-hybridized carbons (Fsp3) is 0.438. The van der Waals surface area contributed by atoms with Gasteiger partial charge in [-0.1, -0.05) is 30.2 Å². The van der Waals surface area contributed by atoms with Crippen molar-refractivity contribution in [2.45, 2.75) is 31.7 Å². The van der Waals surface area contributed by atoms with Gasteiger partial charge >= 0.3 is 0 Å². The largest absolute Gasteiger partial charge is 0.340 e. The maximum absolute atomic E-state index is 12.5. The first-order chi connectivity index (χ1) is 10.7. The van der Waals surface area contributed by atoms with Crippen LogP contribution in [-0.4, -0.2) is 38.7 Å². The van der Waals surface area contributed by atoms with E-state index in [9.17, 15) is 4.79 Å². The van der Waals surface area contributed by atoms with E-state index >= 15 is 0 Å². The Morgan fingerprint density at radius 1 is 1.27 bits per heavy atom. The third-order valence-electron chi connectivity index (χ3n) is 4.13. The Morgan fingerprint density at radius 2 is 2.09 bits per heavy atom. The summed E-state index contributed by atoms with van der Waals surface area (Å²) in [7, 11) is 0. The van der Waals surface area contributed by atoms with Crippen LogP contribution in [0.4, 0.5) is 0 Å². The minimum absolute atomic E-state index is 0.103. The molecule has 2 aromatic rings. The van der Waals surface area contributed by atoms with Crippen molar-refractivity contribution < 1.29 is 4.79 Å². The van der Waals surface area contributed by atoms with Crippen LogP contribution < -0.4 is 0 Å². The molecule has 0 radical (unpaired) electrons. The Morgan fingerprint density at radius 3 is 2.82 bits per heavy atom. The molecule has 0 N–H and O–H groups in total. The van der Waals surface area contributed by atoms with E-state index in [1.54, 1.807) is 11.0 Å². The molecule has 1 aromatic carbocycles. The summed E-state index contributed by atoms with van der Waals surface area (Å²) in [5.74, 6) is 0.478. The molecule has 0 spiro atoms. The van der Waals surface area contributed by atoms with Crippen molar-refractivity contribution in [3.05, 3.63) is 47.5 Å². The van der Waals surface area contributed by atoms with Gasteiger partial charge in [-0.15, -0.1) is 0 Å². The minimum Gasteiger partial charge on any atom is -0.340 e. The van der Waals surface area contributed by atoms with Gasteiger partial charge in [0.1, 0.15) is 19.2 Å². The van der Waals surface area contributed by atoms with Crippen LogP contribution in [0.1, 0.15) is 30.7 Å². The van der Waals surface area contributed by atoms with Gasteiger partial charge in [-0.05, 0) is 30.5 Å². The zero-order valence-electron chi connectivity index (χ0n) is 12.4. The molecule has 0 aliphatic carbocycles. The van der Waals surface area contributed by atoms with Gasteiger partial charge in [-0.2, -0.15) is 5.10 Å². The maximum Gasteiger partial charge on any atom is 0.244 e. The lowest BCUT2D eigenvalue weighted by atomic mass is 9.94. The average molecular weight is 319 g/mol. The molecule has 3 rings (SSSR count). The SMILES string of the molecule is O=C(Cn1cncn1)N1CCCCC(c2ccc(Cl)cc2)C1. The summed E-state index contributed by atoms with van der Waals surface area (Å²) in [6.07, 6.45) is 6.32. The lowest BCUT2D eigenvalue weighted by Gasteiger charge is -2.25. The molecule has 1 saturated heterocycles. The highest BCUT2D eigenvalue weighted by Crippen LogP contribution is 2.27. The van der Waals surface area contributed by atoms with Crippen molar-refractivity contribution in [1.82, 2.24) is 19.7 Å². The van der Waals surface area contributed by atoms with Crippen molar-refractivity contribution in [1.29, 1.82) is 0 Å². The van der Waals surface area contributed by atoms with Crippen LogP contribution in [0.15, 0.2) is 36.9 Å². The molecule has 1 amide bonds.